The first-order valence-electron chi connectivity index (χ1n) is 8.05. The predicted octanol–water partition coefficient (Wildman–Crippen LogP) is 1.84. The first-order valence-corrected chi connectivity index (χ1v) is 8.05. The molecule has 0 radical (unpaired) electrons. The lowest BCUT2D eigenvalue weighted by Gasteiger charge is -2.37. The Hall–Kier alpha value is -1.26. The SMILES string of the molecule is CCNC(=NCC(=O)NC(C)(C)C)N1CC(C)CC(C)C1. The van der Waals surface area contributed by atoms with E-state index in [4.69, 9.17) is 0 Å². The van der Waals surface area contributed by atoms with Crippen LogP contribution < -0.4 is 10.6 Å². The second-order valence-electron chi connectivity index (χ2n) is 7.32. The van der Waals surface area contributed by atoms with E-state index in [1.165, 1.54) is 6.42 Å². The quantitative estimate of drug-likeness (QED) is 0.617. The summed E-state index contributed by atoms with van der Waals surface area (Å²) in [5.74, 6) is 2.16. The number of likely N-dealkylation sites (tertiary alicyclic amines) is 1. The molecule has 1 fully saturated rings. The van der Waals surface area contributed by atoms with E-state index in [1.54, 1.807) is 0 Å². The highest BCUT2D eigenvalue weighted by Crippen LogP contribution is 2.20. The number of rotatable bonds is 3. The van der Waals surface area contributed by atoms with Crippen molar-refractivity contribution in [3.8, 4) is 0 Å². The van der Waals surface area contributed by atoms with Gasteiger partial charge in [-0.05, 0) is 46.0 Å². The van der Waals surface area contributed by atoms with Gasteiger partial charge in [0, 0.05) is 25.2 Å². The minimum Gasteiger partial charge on any atom is -0.357 e. The third-order valence-corrected chi connectivity index (χ3v) is 3.39. The average molecular weight is 296 g/mol. The molecule has 0 aromatic carbocycles. The molecule has 5 nitrogen and oxygen atoms in total. The van der Waals surface area contributed by atoms with Gasteiger partial charge in [0.05, 0.1) is 0 Å². The molecule has 1 heterocycles. The monoisotopic (exact) mass is 296 g/mol. The summed E-state index contributed by atoms with van der Waals surface area (Å²) in [6.07, 6.45) is 1.26. The minimum absolute atomic E-state index is 0.0315. The molecule has 1 amide bonds. The van der Waals surface area contributed by atoms with Crippen LogP contribution in [0.4, 0.5) is 0 Å². The van der Waals surface area contributed by atoms with Crippen LogP contribution in [0.2, 0.25) is 0 Å². The predicted molar refractivity (Wildman–Crippen MR) is 88.4 cm³/mol. The molecule has 1 aliphatic rings. The van der Waals surface area contributed by atoms with Crippen LogP contribution in [0.5, 0.6) is 0 Å². The van der Waals surface area contributed by atoms with Gasteiger partial charge in [-0.1, -0.05) is 13.8 Å². The van der Waals surface area contributed by atoms with Crippen molar-refractivity contribution >= 4 is 11.9 Å². The van der Waals surface area contributed by atoms with Gasteiger partial charge in [0.25, 0.3) is 0 Å². The summed E-state index contributed by atoms with van der Waals surface area (Å²) in [6.45, 7) is 15.6. The molecule has 0 bridgehead atoms. The zero-order chi connectivity index (χ0) is 16.0. The molecule has 1 aliphatic heterocycles. The number of carbonyl (C=O) groups excluding carboxylic acids is 1. The maximum atomic E-state index is 11.9. The van der Waals surface area contributed by atoms with Gasteiger partial charge in [-0.25, -0.2) is 4.99 Å². The summed E-state index contributed by atoms with van der Waals surface area (Å²) < 4.78 is 0. The van der Waals surface area contributed by atoms with E-state index in [0.29, 0.717) is 11.8 Å². The standard InChI is InChI=1S/C16H32N4O/c1-7-17-15(18-9-14(21)19-16(4,5)6)20-10-12(2)8-13(3)11-20/h12-13H,7-11H2,1-6H3,(H,17,18)(H,19,21). The molecule has 0 aromatic heterocycles. The summed E-state index contributed by atoms with van der Waals surface area (Å²) >= 11 is 0. The van der Waals surface area contributed by atoms with Gasteiger partial charge in [-0.2, -0.15) is 0 Å². The van der Waals surface area contributed by atoms with E-state index in [-0.39, 0.29) is 18.0 Å². The average Bonchev–Trinajstić information content (AvgIpc) is 2.30. The number of hydrogen-bond donors (Lipinski definition) is 2. The third-order valence-electron chi connectivity index (χ3n) is 3.39. The molecular formula is C16H32N4O. The van der Waals surface area contributed by atoms with Crippen LogP contribution in [-0.2, 0) is 4.79 Å². The molecule has 5 heteroatoms. The topological polar surface area (TPSA) is 56.7 Å². The van der Waals surface area contributed by atoms with E-state index < -0.39 is 0 Å². The minimum atomic E-state index is -0.209. The van der Waals surface area contributed by atoms with E-state index in [0.717, 1.165) is 25.6 Å². The maximum Gasteiger partial charge on any atom is 0.242 e. The Bertz CT molecular complexity index is 363. The Balaban J connectivity index is 2.67. The molecule has 0 spiro atoms. The molecule has 2 N–H and O–H groups in total. The Morgan fingerprint density at radius 1 is 1.24 bits per heavy atom. The van der Waals surface area contributed by atoms with Crippen molar-refractivity contribution in [2.75, 3.05) is 26.2 Å². The van der Waals surface area contributed by atoms with Gasteiger partial charge in [-0.3, -0.25) is 4.79 Å². The molecular weight excluding hydrogens is 264 g/mol. The number of aliphatic imine (C=N–C) groups is 1. The molecule has 122 valence electrons. The van der Waals surface area contributed by atoms with Crippen LogP contribution in [0, 0.1) is 11.8 Å². The van der Waals surface area contributed by atoms with Crippen molar-refractivity contribution in [3.63, 3.8) is 0 Å². The van der Waals surface area contributed by atoms with Crippen LogP contribution in [0.15, 0.2) is 4.99 Å². The van der Waals surface area contributed by atoms with E-state index >= 15 is 0 Å². The number of guanidine groups is 1. The van der Waals surface area contributed by atoms with Gasteiger partial charge < -0.3 is 15.5 Å². The van der Waals surface area contributed by atoms with Crippen molar-refractivity contribution in [3.05, 3.63) is 0 Å². The fourth-order valence-corrected chi connectivity index (χ4v) is 2.87. The fraction of sp³-hybridized carbons (Fsp3) is 0.875. The second-order valence-corrected chi connectivity index (χ2v) is 7.32. The van der Waals surface area contributed by atoms with E-state index in [9.17, 15) is 4.79 Å². The highest BCUT2D eigenvalue weighted by Gasteiger charge is 2.24. The molecule has 1 saturated heterocycles. The van der Waals surface area contributed by atoms with Crippen LogP contribution in [0.25, 0.3) is 0 Å². The second kappa shape index (κ2) is 7.66. The largest absolute Gasteiger partial charge is 0.357 e. The number of nitrogens with one attached hydrogen (secondary N) is 2. The Labute approximate surface area is 129 Å². The van der Waals surface area contributed by atoms with Crippen LogP contribution in [-0.4, -0.2) is 48.5 Å². The van der Waals surface area contributed by atoms with Crippen molar-refractivity contribution < 1.29 is 4.79 Å². The smallest absolute Gasteiger partial charge is 0.242 e. The Morgan fingerprint density at radius 2 is 1.81 bits per heavy atom. The molecule has 0 saturated carbocycles. The van der Waals surface area contributed by atoms with Crippen LogP contribution in [0.1, 0.15) is 48.0 Å². The Morgan fingerprint density at radius 3 is 2.29 bits per heavy atom. The van der Waals surface area contributed by atoms with Gasteiger partial charge in [-0.15, -0.1) is 0 Å². The number of piperidine rings is 1. The molecule has 0 aromatic rings. The highest BCUT2D eigenvalue weighted by molar-refractivity contribution is 5.85. The normalized spacial score (nSPS) is 23.9. The molecule has 21 heavy (non-hydrogen) atoms. The van der Waals surface area contributed by atoms with Crippen molar-refractivity contribution in [1.29, 1.82) is 0 Å². The summed E-state index contributed by atoms with van der Waals surface area (Å²) in [4.78, 5) is 18.7. The summed E-state index contributed by atoms with van der Waals surface area (Å²) in [7, 11) is 0. The third kappa shape index (κ3) is 6.82. The number of nitrogens with zero attached hydrogens (tertiary/aromatic N) is 2. The summed E-state index contributed by atoms with van der Waals surface area (Å²) in [6, 6.07) is 0. The van der Waals surface area contributed by atoms with Crippen molar-refractivity contribution in [1.82, 2.24) is 15.5 Å². The molecule has 2 atom stereocenters. The maximum absolute atomic E-state index is 11.9. The molecule has 1 rings (SSSR count). The van der Waals surface area contributed by atoms with Gasteiger partial charge in [0.1, 0.15) is 6.54 Å². The zero-order valence-corrected chi connectivity index (χ0v) is 14.5. The van der Waals surface area contributed by atoms with Crippen molar-refractivity contribution in [2.45, 2.75) is 53.5 Å². The number of amides is 1. The zero-order valence-electron chi connectivity index (χ0n) is 14.5. The lowest BCUT2D eigenvalue weighted by Crippen LogP contribution is -2.49. The number of hydrogen-bond acceptors (Lipinski definition) is 2. The highest BCUT2D eigenvalue weighted by atomic mass is 16.2. The van der Waals surface area contributed by atoms with Crippen LogP contribution in [0.3, 0.4) is 0 Å². The Kier molecular flexibility index (Phi) is 6.49. The van der Waals surface area contributed by atoms with Gasteiger partial charge >= 0.3 is 0 Å². The fourth-order valence-electron chi connectivity index (χ4n) is 2.87. The molecule has 0 aliphatic carbocycles. The summed E-state index contributed by atoms with van der Waals surface area (Å²) in [5, 5.41) is 6.25. The lowest BCUT2D eigenvalue weighted by atomic mass is 9.92. The lowest BCUT2D eigenvalue weighted by molar-refractivity contribution is -0.121. The first kappa shape index (κ1) is 17.8. The van der Waals surface area contributed by atoms with E-state index in [2.05, 4.69) is 41.3 Å². The van der Waals surface area contributed by atoms with Gasteiger partial charge in [0.15, 0.2) is 5.96 Å². The summed E-state index contributed by atoms with van der Waals surface area (Å²) in [5.41, 5.74) is -0.209. The van der Waals surface area contributed by atoms with Crippen molar-refractivity contribution in [2.24, 2.45) is 16.8 Å². The number of carbonyl (C=O) groups is 1. The van der Waals surface area contributed by atoms with Gasteiger partial charge in [0.2, 0.25) is 5.91 Å². The van der Waals surface area contributed by atoms with E-state index in [1.807, 2.05) is 20.8 Å². The van der Waals surface area contributed by atoms with Crippen LogP contribution >= 0.6 is 0 Å². The first-order chi connectivity index (χ1) is 9.71. The molecule has 2 unspecified atom stereocenters.